The molecule has 2 aromatic carbocycles. The van der Waals surface area contributed by atoms with E-state index in [0.717, 1.165) is 0 Å². The quantitative estimate of drug-likeness (QED) is 0.276. The highest BCUT2D eigenvalue weighted by molar-refractivity contribution is 9.28. The molecule has 2 aromatic heterocycles. The zero-order valence-electron chi connectivity index (χ0n) is 20.9. The fourth-order valence-electron chi connectivity index (χ4n) is 4.23. The van der Waals surface area contributed by atoms with E-state index in [0.29, 0.717) is 31.3 Å². The highest BCUT2D eigenvalue weighted by Gasteiger charge is 2.46. The fraction of sp³-hybridized carbons (Fsp3) is 0.185. The molecular formula is C27H21Br2N5O6. The minimum atomic E-state index is -0.929. The number of benzene rings is 2. The minimum absolute atomic E-state index is 0.155. The van der Waals surface area contributed by atoms with E-state index in [9.17, 15) is 14.4 Å². The molecule has 0 unspecified atom stereocenters. The van der Waals surface area contributed by atoms with Crippen LogP contribution in [0.3, 0.4) is 0 Å². The van der Waals surface area contributed by atoms with Crippen molar-refractivity contribution >= 4 is 66.7 Å². The van der Waals surface area contributed by atoms with Crippen LogP contribution in [0.15, 0.2) is 82.3 Å². The van der Waals surface area contributed by atoms with Crippen LogP contribution in [0.2, 0.25) is 0 Å². The molecule has 5 rings (SSSR count). The molecule has 0 saturated carbocycles. The summed E-state index contributed by atoms with van der Waals surface area (Å²) in [6, 6.07) is 17.2. The Kier molecular flexibility index (Phi) is 8.33. The standard InChI is InChI=1S/C27H21Br2N5O6/c1-15(35)39-21-19(22(28)29)18(12-38-27(37)17-10-6-3-7-11-17)40-26(21)34-14-32-20-23(30-13-31-24(20)34)33-25(36)16-8-4-2-5-9-16/h2-11,13-14,18,21,26H,12H2,1H3,(H,30,31,33,36)/t18-,21+,26-/m1/s1. The van der Waals surface area contributed by atoms with Crippen LogP contribution in [0.25, 0.3) is 11.2 Å². The topological polar surface area (TPSA) is 135 Å². The maximum Gasteiger partial charge on any atom is 0.338 e. The Bertz CT molecular complexity index is 1590. The third-order valence-corrected chi connectivity index (χ3v) is 6.92. The first-order valence-corrected chi connectivity index (χ1v) is 13.6. The van der Waals surface area contributed by atoms with Crippen molar-refractivity contribution in [2.45, 2.75) is 25.4 Å². The first-order chi connectivity index (χ1) is 19.3. The number of hydrogen-bond donors (Lipinski definition) is 1. The number of esters is 2. The molecule has 4 aromatic rings. The summed E-state index contributed by atoms with van der Waals surface area (Å²) in [7, 11) is 0. The normalized spacial score (nSPS) is 18.4. The molecule has 1 fully saturated rings. The van der Waals surface area contributed by atoms with Gasteiger partial charge in [-0.15, -0.1) is 0 Å². The second kappa shape index (κ2) is 12.1. The lowest BCUT2D eigenvalue weighted by Gasteiger charge is -2.20. The van der Waals surface area contributed by atoms with Crippen molar-refractivity contribution in [3.63, 3.8) is 0 Å². The van der Waals surface area contributed by atoms with E-state index in [1.54, 1.807) is 59.2 Å². The summed E-state index contributed by atoms with van der Waals surface area (Å²) in [5.74, 6) is -1.24. The van der Waals surface area contributed by atoms with Gasteiger partial charge in [0.05, 0.1) is 15.3 Å². The molecule has 40 heavy (non-hydrogen) atoms. The van der Waals surface area contributed by atoms with Gasteiger partial charge < -0.3 is 19.5 Å². The Morgan fingerprint density at radius 1 is 0.975 bits per heavy atom. The number of amides is 1. The Labute approximate surface area is 244 Å². The van der Waals surface area contributed by atoms with Crippen molar-refractivity contribution in [3.8, 4) is 0 Å². The summed E-state index contributed by atoms with van der Waals surface area (Å²) in [6.45, 7) is 1.13. The van der Waals surface area contributed by atoms with Crippen LogP contribution in [0.1, 0.15) is 33.9 Å². The van der Waals surface area contributed by atoms with Crippen LogP contribution in [0.4, 0.5) is 5.82 Å². The summed E-state index contributed by atoms with van der Waals surface area (Å²) >= 11 is 6.82. The van der Waals surface area contributed by atoms with Gasteiger partial charge in [-0.2, -0.15) is 0 Å². The summed E-state index contributed by atoms with van der Waals surface area (Å²) in [5, 5.41) is 2.76. The molecule has 0 radical (unpaired) electrons. The van der Waals surface area contributed by atoms with Gasteiger partial charge in [-0.3, -0.25) is 14.2 Å². The molecule has 11 nitrogen and oxygen atoms in total. The predicted octanol–water partition coefficient (Wildman–Crippen LogP) is 4.77. The Morgan fingerprint density at radius 3 is 2.30 bits per heavy atom. The Hall–Kier alpha value is -3.94. The summed E-state index contributed by atoms with van der Waals surface area (Å²) in [4.78, 5) is 50.4. The number of fused-ring (bicyclic) bond motifs is 1. The number of imidazole rings is 1. The molecule has 1 saturated heterocycles. The number of hydrogen-bond acceptors (Lipinski definition) is 9. The van der Waals surface area contributed by atoms with E-state index in [1.165, 1.54) is 19.6 Å². The highest BCUT2D eigenvalue weighted by Crippen LogP contribution is 2.42. The smallest absolute Gasteiger partial charge is 0.338 e. The lowest BCUT2D eigenvalue weighted by atomic mass is 10.1. The van der Waals surface area contributed by atoms with Crippen molar-refractivity contribution in [2.75, 3.05) is 11.9 Å². The molecule has 0 bridgehead atoms. The van der Waals surface area contributed by atoms with Gasteiger partial charge in [0.25, 0.3) is 5.91 Å². The molecule has 13 heteroatoms. The molecule has 1 amide bonds. The van der Waals surface area contributed by atoms with E-state index < -0.39 is 30.4 Å². The highest BCUT2D eigenvalue weighted by atomic mass is 79.9. The lowest BCUT2D eigenvalue weighted by Crippen LogP contribution is -2.26. The largest absolute Gasteiger partial charge is 0.459 e. The van der Waals surface area contributed by atoms with Crippen LogP contribution in [-0.4, -0.2) is 56.2 Å². The monoisotopic (exact) mass is 669 g/mol. The molecule has 1 aliphatic rings. The predicted molar refractivity (Wildman–Crippen MR) is 151 cm³/mol. The Morgan fingerprint density at radius 2 is 1.65 bits per heavy atom. The first-order valence-electron chi connectivity index (χ1n) is 12.0. The number of ether oxygens (including phenoxy) is 3. The number of nitrogens with zero attached hydrogens (tertiary/aromatic N) is 4. The van der Waals surface area contributed by atoms with E-state index in [-0.39, 0.29) is 18.3 Å². The number of aromatic nitrogens is 4. The second-order valence-corrected chi connectivity index (χ2v) is 11.2. The van der Waals surface area contributed by atoms with Gasteiger partial charge in [-0.1, -0.05) is 36.4 Å². The van der Waals surface area contributed by atoms with Gasteiger partial charge in [-0.25, -0.2) is 19.7 Å². The molecule has 3 heterocycles. The maximum atomic E-state index is 12.7. The maximum absolute atomic E-state index is 12.7. The average Bonchev–Trinajstić information content (AvgIpc) is 3.54. The van der Waals surface area contributed by atoms with Crippen molar-refractivity contribution in [1.29, 1.82) is 0 Å². The zero-order chi connectivity index (χ0) is 28.2. The first kappa shape index (κ1) is 27.6. The van der Waals surface area contributed by atoms with Gasteiger partial charge in [0.1, 0.15) is 19.0 Å². The van der Waals surface area contributed by atoms with Crippen molar-refractivity contribution in [2.24, 2.45) is 0 Å². The van der Waals surface area contributed by atoms with Gasteiger partial charge in [-0.05, 0) is 56.1 Å². The van der Waals surface area contributed by atoms with Crippen LogP contribution < -0.4 is 5.32 Å². The van der Waals surface area contributed by atoms with Gasteiger partial charge >= 0.3 is 11.9 Å². The van der Waals surface area contributed by atoms with E-state index in [2.05, 4.69) is 52.1 Å². The van der Waals surface area contributed by atoms with Gasteiger partial charge in [0.15, 0.2) is 29.3 Å². The molecule has 204 valence electrons. The average molecular weight is 671 g/mol. The van der Waals surface area contributed by atoms with Crippen molar-refractivity contribution in [1.82, 2.24) is 19.5 Å². The third-order valence-electron chi connectivity index (χ3n) is 6.00. The SMILES string of the molecule is CC(=O)O[C@H]1C(=C(Br)Br)[C@@H](COC(=O)c2ccccc2)O[C@H]1n1cnc2c(NC(=O)c3ccccc3)ncnc21. The molecule has 0 aliphatic carbocycles. The van der Waals surface area contributed by atoms with E-state index >= 15 is 0 Å². The van der Waals surface area contributed by atoms with E-state index in [4.69, 9.17) is 14.2 Å². The molecule has 1 N–H and O–H groups in total. The van der Waals surface area contributed by atoms with Crippen LogP contribution in [0, 0.1) is 0 Å². The van der Waals surface area contributed by atoms with Crippen LogP contribution in [0.5, 0.6) is 0 Å². The molecule has 0 spiro atoms. The van der Waals surface area contributed by atoms with Crippen LogP contribution >= 0.6 is 31.9 Å². The number of nitrogens with one attached hydrogen (secondary N) is 1. The second-order valence-electron chi connectivity index (χ2n) is 8.59. The van der Waals surface area contributed by atoms with E-state index in [1.807, 2.05) is 6.07 Å². The fourth-order valence-corrected chi connectivity index (χ4v) is 5.19. The Balaban J connectivity index is 1.45. The van der Waals surface area contributed by atoms with Crippen molar-refractivity contribution in [3.05, 3.63) is 93.4 Å². The van der Waals surface area contributed by atoms with Gasteiger partial charge in [0.2, 0.25) is 0 Å². The number of carbonyl (C=O) groups excluding carboxylic acids is 3. The van der Waals surface area contributed by atoms with Gasteiger partial charge in [0, 0.05) is 18.1 Å². The molecule has 3 atom stereocenters. The number of halogens is 2. The summed E-state index contributed by atoms with van der Waals surface area (Å²) in [6.07, 6.45) is 0.0972. The van der Waals surface area contributed by atoms with Crippen LogP contribution in [-0.2, 0) is 19.0 Å². The zero-order valence-corrected chi connectivity index (χ0v) is 24.0. The number of carbonyl (C=O) groups is 3. The molecule has 1 aliphatic heterocycles. The van der Waals surface area contributed by atoms with Crippen molar-refractivity contribution < 1.29 is 28.6 Å². The lowest BCUT2D eigenvalue weighted by molar-refractivity contribution is -0.151. The summed E-state index contributed by atoms with van der Waals surface area (Å²) < 4.78 is 19.5. The number of anilines is 1. The summed E-state index contributed by atoms with van der Waals surface area (Å²) in [5.41, 5.74) is 1.98. The third kappa shape index (κ3) is 5.81. The molecular weight excluding hydrogens is 650 g/mol. The minimum Gasteiger partial charge on any atom is -0.459 e. The number of rotatable bonds is 7.